The number of aliphatic imine (C=N–C) groups is 1. The predicted molar refractivity (Wildman–Crippen MR) is 92.0 cm³/mol. The van der Waals surface area contributed by atoms with Gasteiger partial charge >= 0.3 is 6.09 Å². The van der Waals surface area contributed by atoms with Crippen LogP contribution < -0.4 is 5.32 Å². The van der Waals surface area contributed by atoms with Crippen LogP contribution in [0.2, 0.25) is 0 Å². The highest BCUT2D eigenvalue weighted by Crippen LogP contribution is 2.43. The first-order valence-electron chi connectivity index (χ1n) is 8.34. The molecular formula is C18H22FN3O4. The van der Waals surface area contributed by atoms with Gasteiger partial charge in [0.15, 0.2) is 0 Å². The molecule has 2 heterocycles. The predicted octanol–water partition coefficient (Wildman–Crippen LogP) is 2.02. The maximum atomic E-state index is 14.5. The maximum absolute atomic E-state index is 14.5. The van der Waals surface area contributed by atoms with Crippen molar-refractivity contribution in [2.75, 3.05) is 20.3 Å². The number of nitrogens with zero attached hydrogens (tertiary/aromatic N) is 2. The van der Waals surface area contributed by atoms with E-state index in [2.05, 4.69) is 10.3 Å². The van der Waals surface area contributed by atoms with Gasteiger partial charge in [0, 0.05) is 12.6 Å². The van der Waals surface area contributed by atoms with E-state index >= 15 is 0 Å². The zero-order valence-corrected chi connectivity index (χ0v) is 15.2. The molecule has 26 heavy (non-hydrogen) atoms. The number of fused-ring (bicyclic) bond motifs is 1. The van der Waals surface area contributed by atoms with Gasteiger partial charge in [0.05, 0.1) is 19.1 Å². The van der Waals surface area contributed by atoms with Crippen LogP contribution in [-0.2, 0) is 19.8 Å². The number of benzene rings is 1. The molecule has 1 saturated heterocycles. The van der Waals surface area contributed by atoms with Gasteiger partial charge in [0.25, 0.3) is 0 Å². The average Bonchev–Trinajstić information content (AvgIpc) is 2.96. The molecule has 0 aliphatic carbocycles. The van der Waals surface area contributed by atoms with E-state index < -0.39 is 29.0 Å². The number of amides is 2. The summed E-state index contributed by atoms with van der Waals surface area (Å²) in [5.74, 6) is -1.42. The second kappa shape index (κ2) is 6.35. The van der Waals surface area contributed by atoms with E-state index in [1.165, 1.54) is 18.0 Å². The first kappa shape index (κ1) is 18.3. The van der Waals surface area contributed by atoms with Crippen molar-refractivity contribution in [1.82, 2.24) is 10.2 Å². The number of carbonyl (C=O) groups excluding carboxylic acids is 2. The summed E-state index contributed by atoms with van der Waals surface area (Å²) in [6, 6.07) is 6.16. The molecule has 0 aromatic heterocycles. The highest BCUT2D eigenvalue weighted by atomic mass is 19.1. The van der Waals surface area contributed by atoms with Crippen LogP contribution in [0.15, 0.2) is 29.3 Å². The van der Waals surface area contributed by atoms with Crippen LogP contribution in [0, 0.1) is 11.7 Å². The standard InChI is InChI=1S/C18H22FN3O4/c1-17(2,3)26-16(24)20-15-21-18(11-7-5-6-8-13(11)19)10-25-9-12(18)14(23)22(15)4/h5-8,12H,9-10H2,1-4H3,(H,20,21,24)/t12-,18+/m0/s1. The Hall–Kier alpha value is -2.48. The van der Waals surface area contributed by atoms with Crippen molar-refractivity contribution in [2.45, 2.75) is 31.9 Å². The molecule has 1 fully saturated rings. The molecular weight excluding hydrogens is 341 g/mol. The SMILES string of the molecule is CN1C(=O)[C@@H]2COC[C@]2(c2ccccc2F)N=C1NC(=O)OC(C)(C)C. The van der Waals surface area contributed by atoms with Gasteiger partial charge in [-0.15, -0.1) is 0 Å². The van der Waals surface area contributed by atoms with E-state index in [0.29, 0.717) is 0 Å². The van der Waals surface area contributed by atoms with E-state index in [-0.39, 0.29) is 30.6 Å². The van der Waals surface area contributed by atoms with Crippen molar-refractivity contribution in [3.8, 4) is 0 Å². The molecule has 2 aliphatic heterocycles. The van der Waals surface area contributed by atoms with E-state index in [1.807, 2.05) is 0 Å². The summed E-state index contributed by atoms with van der Waals surface area (Å²) in [6.45, 7) is 5.38. The molecule has 0 bridgehead atoms. The van der Waals surface area contributed by atoms with Crippen LogP contribution in [-0.4, -0.2) is 48.7 Å². The van der Waals surface area contributed by atoms with Gasteiger partial charge in [0.2, 0.25) is 11.9 Å². The minimum absolute atomic E-state index is 0.00857. The zero-order chi connectivity index (χ0) is 19.1. The minimum Gasteiger partial charge on any atom is -0.444 e. The molecule has 2 amide bonds. The fraction of sp³-hybridized carbons (Fsp3) is 0.500. The Morgan fingerprint density at radius 2 is 2.12 bits per heavy atom. The average molecular weight is 363 g/mol. The molecule has 8 heteroatoms. The monoisotopic (exact) mass is 363 g/mol. The lowest BCUT2D eigenvalue weighted by Crippen LogP contribution is -2.57. The van der Waals surface area contributed by atoms with Crippen molar-refractivity contribution in [3.05, 3.63) is 35.6 Å². The van der Waals surface area contributed by atoms with Crippen molar-refractivity contribution in [2.24, 2.45) is 10.9 Å². The summed E-state index contributed by atoms with van der Waals surface area (Å²) in [4.78, 5) is 30.7. The largest absolute Gasteiger partial charge is 0.444 e. The summed E-state index contributed by atoms with van der Waals surface area (Å²) in [6.07, 6.45) is -0.739. The quantitative estimate of drug-likeness (QED) is 0.828. The van der Waals surface area contributed by atoms with E-state index in [4.69, 9.17) is 9.47 Å². The van der Waals surface area contributed by atoms with Crippen LogP contribution in [0.4, 0.5) is 9.18 Å². The number of alkyl carbamates (subject to hydrolysis) is 1. The van der Waals surface area contributed by atoms with Gasteiger partial charge in [-0.1, -0.05) is 18.2 Å². The Morgan fingerprint density at radius 3 is 2.77 bits per heavy atom. The molecule has 0 spiro atoms. The molecule has 0 unspecified atom stereocenters. The van der Waals surface area contributed by atoms with Gasteiger partial charge in [0.1, 0.15) is 17.0 Å². The third kappa shape index (κ3) is 3.16. The van der Waals surface area contributed by atoms with Crippen LogP contribution >= 0.6 is 0 Å². The lowest BCUT2D eigenvalue weighted by molar-refractivity contribution is -0.133. The number of hydrogen-bond donors (Lipinski definition) is 1. The Bertz CT molecular complexity index is 774. The van der Waals surface area contributed by atoms with Crippen molar-refractivity contribution in [3.63, 3.8) is 0 Å². The molecule has 1 aromatic carbocycles. The molecule has 0 radical (unpaired) electrons. The van der Waals surface area contributed by atoms with Gasteiger partial charge in [-0.3, -0.25) is 15.0 Å². The lowest BCUT2D eigenvalue weighted by Gasteiger charge is -2.38. The van der Waals surface area contributed by atoms with Gasteiger partial charge in [-0.05, 0) is 26.8 Å². The maximum Gasteiger partial charge on any atom is 0.414 e. The summed E-state index contributed by atoms with van der Waals surface area (Å²) in [7, 11) is 1.50. The number of nitrogens with one attached hydrogen (secondary N) is 1. The molecule has 3 rings (SSSR count). The summed E-state index contributed by atoms with van der Waals surface area (Å²) in [5.41, 5.74) is -1.64. The van der Waals surface area contributed by atoms with E-state index in [9.17, 15) is 14.0 Å². The fourth-order valence-electron chi connectivity index (χ4n) is 3.20. The number of carbonyl (C=O) groups is 2. The highest BCUT2D eigenvalue weighted by Gasteiger charge is 2.55. The second-order valence-corrected chi connectivity index (χ2v) is 7.43. The van der Waals surface area contributed by atoms with Crippen LogP contribution in [0.25, 0.3) is 0 Å². The van der Waals surface area contributed by atoms with Crippen LogP contribution in [0.5, 0.6) is 0 Å². The number of halogens is 1. The van der Waals surface area contributed by atoms with Crippen LogP contribution in [0.3, 0.4) is 0 Å². The number of ether oxygens (including phenoxy) is 2. The van der Waals surface area contributed by atoms with Crippen molar-refractivity contribution in [1.29, 1.82) is 0 Å². The van der Waals surface area contributed by atoms with Crippen molar-refractivity contribution >= 4 is 18.0 Å². The first-order valence-corrected chi connectivity index (χ1v) is 8.34. The molecule has 1 N–H and O–H groups in total. The summed E-state index contributed by atoms with van der Waals surface area (Å²) in [5, 5.41) is 2.50. The van der Waals surface area contributed by atoms with Crippen molar-refractivity contribution < 1.29 is 23.5 Å². The Morgan fingerprint density at radius 1 is 1.42 bits per heavy atom. The fourth-order valence-corrected chi connectivity index (χ4v) is 3.20. The smallest absolute Gasteiger partial charge is 0.414 e. The lowest BCUT2D eigenvalue weighted by atomic mass is 9.79. The van der Waals surface area contributed by atoms with E-state index in [1.54, 1.807) is 39.0 Å². The Kier molecular flexibility index (Phi) is 4.47. The van der Waals surface area contributed by atoms with Crippen LogP contribution in [0.1, 0.15) is 26.3 Å². The number of hydrogen-bond acceptors (Lipinski definition) is 5. The van der Waals surface area contributed by atoms with Gasteiger partial charge in [-0.25, -0.2) is 14.2 Å². The van der Waals surface area contributed by atoms with Gasteiger partial charge < -0.3 is 9.47 Å². The van der Waals surface area contributed by atoms with Gasteiger partial charge in [-0.2, -0.15) is 0 Å². The number of guanidine groups is 1. The molecule has 1 aromatic rings. The number of rotatable bonds is 1. The zero-order valence-electron chi connectivity index (χ0n) is 15.2. The minimum atomic E-state index is -1.21. The molecule has 7 nitrogen and oxygen atoms in total. The third-order valence-electron chi connectivity index (χ3n) is 4.39. The Labute approximate surface area is 151 Å². The third-order valence-corrected chi connectivity index (χ3v) is 4.39. The topological polar surface area (TPSA) is 80.2 Å². The summed E-state index contributed by atoms with van der Waals surface area (Å²) >= 11 is 0. The normalized spacial score (nSPS) is 25.6. The summed E-state index contributed by atoms with van der Waals surface area (Å²) < 4.78 is 25.2. The Balaban J connectivity index is 2.02. The van der Waals surface area contributed by atoms with E-state index in [0.717, 1.165) is 0 Å². The second-order valence-electron chi connectivity index (χ2n) is 7.43. The first-order chi connectivity index (χ1) is 12.1. The molecule has 2 atom stereocenters. The molecule has 0 saturated carbocycles. The highest BCUT2D eigenvalue weighted by molar-refractivity contribution is 6.06. The molecule has 2 aliphatic rings. The molecule has 140 valence electrons.